The number of methoxy groups -OCH3 is 2. The summed E-state index contributed by atoms with van der Waals surface area (Å²) < 4.78 is 9.63. The smallest absolute Gasteiger partial charge is 0.328 e. The molecule has 0 radical (unpaired) electrons. The molecule has 0 aliphatic heterocycles. The summed E-state index contributed by atoms with van der Waals surface area (Å²) in [5, 5.41) is 3.63. The summed E-state index contributed by atoms with van der Waals surface area (Å²) in [6.07, 6.45) is 0. The molecule has 0 saturated carbocycles. The first kappa shape index (κ1) is 18.5. The van der Waals surface area contributed by atoms with E-state index < -0.39 is 17.9 Å². The van der Waals surface area contributed by atoms with E-state index in [-0.39, 0.29) is 12.3 Å². The summed E-state index contributed by atoms with van der Waals surface area (Å²) in [5.74, 6) is -1.02. The van der Waals surface area contributed by atoms with E-state index in [1.807, 2.05) is 6.92 Å². The number of benzene rings is 1. The maximum Gasteiger partial charge on any atom is 0.328 e. The molecular weight excluding hydrogens is 300 g/mol. The molecule has 1 aromatic rings. The lowest BCUT2D eigenvalue weighted by molar-refractivity contribution is -0.143. The maximum absolute atomic E-state index is 12.5. The average molecular weight is 320 g/mol. The van der Waals surface area contributed by atoms with Crippen molar-refractivity contribution in [2.24, 2.45) is 5.11 Å². The molecule has 8 heteroatoms. The highest BCUT2D eigenvalue weighted by atomic mass is 16.5. The summed E-state index contributed by atoms with van der Waals surface area (Å²) in [4.78, 5) is 28.5. The van der Waals surface area contributed by atoms with Crippen LogP contribution in [0.5, 0.6) is 0 Å². The van der Waals surface area contributed by atoms with Crippen molar-refractivity contribution >= 4 is 23.3 Å². The summed E-state index contributed by atoms with van der Waals surface area (Å²) in [6.45, 7) is 4.98. The van der Waals surface area contributed by atoms with Gasteiger partial charge in [0.15, 0.2) is 0 Å². The van der Waals surface area contributed by atoms with E-state index in [2.05, 4.69) is 10.0 Å². The fraction of sp³-hybridized carbons (Fsp3) is 0.467. The molecule has 0 heterocycles. The topological polar surface area (TPSA) is 105 Å². The van der Waals surface area contributed by atoms with Gasteiger partial charge in [-0.3, -0.25) is 9.69 Å². The zero-order chi connectivity index (χ0) is 17.6. The Morgan fingerprint density at radius 3 is 2.52 bits per heavy atom. The SMILES string of the molecule is COCC(=O)N(c1c(N=[N+]=[N-])ccc(C)c1C)C(C)C(=O)OC. The Labute approximate surface area is 134 Å². The van der Waals surface area contributed by atoms with E-state index in [4.69, 9.17) is 15.0 Å². The van der Waals surface area contributed by atoms with Gasteiger partial charge in [0.2, 0.25) is 0 Å². The summed E-state index contributed by atoms with van der Waals surface area (Å²) >= 11 is 0. The van der Waals surface area contributed by atoms with E-state index in [0.29, 0.717) is 5.69 Å². The van der Waals surface area contributed by atoms with E-state index in [9.17, 15) is 9.59 Å². The molecule has 0 aliphatic carbocycles. The number of aryl methyl sites for hydroxylation is 1. The summed E-state index contributed by atoms with van der Waals surface area (Å²) in [5.41, 5.74) is 11.0. The molecule has 0 spiro atoms. The second-order valence-electron chi connectivity index (χ2n) is 4.96. The van der Waals surface area contributed by atoms with Crippen LogP contribution in [-0.4, -0.2) is 38.7 Å². The number of rotatable bonds is 6. The fourth-order valence-corrected chi connectivity index (χ4v) is 2.22. The molecule has 0 aliphatic rings. The van der Waals surface area contributed by atoms with Gasteiger partial charge in [0.1, 0.15) is 12.6 Å². The Bertz CT molecular complexity index is 653. The Kier molecular flexibility index (Phi) is 6.56. The van der Waals surface area contributed by atoms with Gasteiger partial charge < -0.3 is 9.47 Å². The maximum atomic E-state index is 12.5. The number of anilines is 1. The molecule has 0 bridgehead atoms. The molecule has 8 nitrogen and oxygen atoms in total. The number of azide groups is 1. The average Bonchev–Trinajstić information content (AvgIpc) is 2.53. The van der Waals surface area contributed by atoms with Crippen molar-refractivity contribution in [1.82, 2.24) is 0 Å². The van der Waals surface area contributed by atoms with Crippen molar-refractivity contribution < 1.29 is 19.1 Å². The zero-order valence-corrected chi connectivity index (χ0v) is 13.9. The number of esters is 1. The number of nitrogens with zero attached hydrogens (tertiary/aromatic N) is 4. The van der Waals surface area contributed by atoms with Crippen molar-refractivity contribution in [3.8, 4) is 0 Å². The number of carbonyl (C=O) groups excluding carboxylic acids is 2. The Balaban J connectivity index is 3.59. The fourth-order valence-electron chi connectivity index (χ4n) is 2.22. The third-order valence-corrected chi connectivity index (χ3v) is 3.54. The second-order valence-corrected chi connectivity index (χ2v) is 4.96. The number of ether oxygens (including phenoxy) is 2. The summed E-state index contributed by atoms with van der Waals surface area (Å²) in [7, 11) is 2.63. The molecule has 0 aromatic heterocycles. The van der Waals surface area contributed by atoms with Crippen molar-refractivity contribution in [2.75, 3.05) is 25.7 Å². The molecule has 23 heavy (non-hydrogen) atoms. The van der Waals surface area contributed by atoms with Crippen molar-refractivity contribution in [3.05, 3.63) is 33.7 Å². The van der Waals surface area contributed by atoms with E-state index in [1.54, 1.807) is 26.0 Å². The predicted molar refractivity (Wildman–Crippen MR) is 85.6 cm³/mol. The molecule has 0 fully saturated rings. The van der Waals surface area contributed by atoms with Crippen LogP contribution in [0.3, 0.4) is 0 Å². The third-order valence-electron chi connectivity index (χ3n) is 3.54. The molecule has 0 N–H and O–H groups in total. The third kappa shape index (κ3) is 4.00. The van der Waals surface area contributed by atoms with Crippen molar-refractivity contribution in [1.29, 1.82) is 0 Å². The molecule has 1 atom stereocenters. The molecule has 1 amide bonds. The van der Waals surface area contributed by atoms with Gasteiger partial charge in [-0.15, -0.1) is 0 Å². The van der Waals surface area contributed by atoms with Crippen molar-refractivity contribution in [2.45, 2.75) is 26.8 Å². The van der Waals surface area contributed by atoms with Crippen LogP contribution in [0.1, 0.15) is 18.1 Å². The number of hydrogen-bond acceptors (Lipinski definition) is 5. The van der Waals surface area contributed by atoms with Crippen LogP contribution in [0.2, 0.25) is 0 Å². The van der Waals surface area contributed by atoms with Crippen LogP contribution in [-0.2, 0) is 19.1 Å². The normalized spacial score (nSPS) is 11.3. The largest absolute Gasteiger partial charge is 0.467 e. The Morgan fingerprint density at radius 2 is 2.00 bits per heavy atom. The minimum absolute atomic E-state index is 0.218. The second kappa shape index (κ2) is 8.17. The van der Waals surface area contributed by atoms with Crippen LogP contribution in [0, 0.1) is 13.8 Å². The number of carbonyl (C=O) groups is 2. The molecule has 0 saturated heterocycles. The van der Waals surface area contributed by atoms with Gasteiger partial charge in [-0.2, -0.15) is 0 Å². The number of amides is 1. The lowest BCUT2D eigenvalue weighted by atomic mass is 10.0. The highest BCUT2D eigenvalue weighted by Gasteiger charge is 2.31. The van der Waals surface area contributed by atoms with Crippen LogP contribution < -0.4 is 4.90 Å². The lowest BCUT2D eigenvalue weighted by Crippen LogP contribution is -2.46. The van der Waals surface area contributed by atoms with E-state index in [0.717, 1.165) is 11.1 Å². The molecule has 124 valence electrons. The van der Waals surface area contributed by atoms with E-state index >= 15 is 0 Å². The molecule has 1 rings (SSSR count). The van der Waals surface area contributed by atoms with Gasteiger partial charge in [0.05, 0.1) is 18.5 Å². The molecule has 1 aromatic carbocycles. The van der Waals surface area contributed by atoms with Gasteiger partial charge >= 0.3 is 5.97 Å². The van der Waals surface area contributed by atoms with E-state index in [1.165, 1.54) is 19.1 Å². The van der Waals surface area contributed by atoms with Crippen LogP contribution in [0.25, 0.3) is 10.4 Å². The van der Waals surface area contributed by atoms with Crippen molar-refractivity contribution in [3.63, 3.8) is 0 Å². The van der Waals surface area contributed by atoms with Gasteiger partial charge in [-0.1, -0.05) is 17.2 Å². The van der Waals surface area contributed by atoms with Crippen LogP contribution in [0.4, 0.5) is 11.4 Å². The minimum atomic E-state index is -0.893. The number of hydrogen-bond donors (Lipinski definition) is 0. The predicted octanol–water partition coefficient (Wildman–Crippen LogP) is 2.79. The Hall–Kier alpha value is -2.57. The first-order valence-corrected chi connectivity index (χ1v) is 6.93. The van der Waals surface area contributed by atoms with Gasteiger partial charge in [-0.25, -0.2) is 4.79 Å². The van der Waals surface area contributed by atoms with Gasteiger partial charge in [-0.05, 0) is 37.4 Å². The first-order valence-electron chi connectivity index (χ1n) is 6.93. The standard InChI is InChI=1S/C15H20N4O4/c1-9-6-7-12(17-18-16)14(10(9)2)19(13(20)8-22-4)11(3)15(21)23-5/h6-7,11H,8H2,1-5H3. The summed E-state index contributed by atoms with van der Waals surface area (Å²) in [6, 6.07) is 2.50. The Morgan fingerprint density at radius 1 is 1.35 bits per heavy atom. The first-order chi connectivity index (χ1) is 10.9. The van der Waals surface area contributed by atoms with Crippen LogP contribution >= 0.6 is 0 Å². The van der Waals surface area contributed by atoms with Gasteiger partial charge in [0.25, 0.3) is 5.91 Å². The highest BCUT2D eigenvalue weighted by Crippen LogP contribution is 2.36. The lowest BCUT2D eigenvalue weighted by Gasteiger charge is -2.30. The zero-order valence-electron chi connectivity index (χ0n) is 13.9. The highest BCUT2D eigenvalue weighted by molar-refractivity contribution is 6.03. The molecular formula is C15H20N4O4. The quantitative estimate of drug-likeness (QED) is 0.348. The minimum Gasteiger partial charge on any atom is -0.467 e. The van der Waals surface area contributed by atoms with Crippen LogP contribution in [0.15, 0.2) is 17.2 Å². The monoisotopic (exact) mass is 320 g/mol. The van der Waals surface area contributed by atoms with Gasteiger partial charge in [0, 0.05) is 12.0 Å². The molecule has 1 unspecified atom stereocenters.